The number of hydrogen-bond donors (Lipinski definition) is 0. The van der Waals surface area contributed by atoms with Gasteiger partial charge in [-0.3, -0.25) is 0 Å². The van der Waals surface area contributed by atoms with Gasteiger partial charge in [-0.05, 0) is 48.7 Å². The van der Waals surface area contributed by atoms with Crippen LogP contribution in [0.2, 0.25) is 0 Å². The summed E-state index contributed by atoms with van der Waals surface area (Å²) < 4.78 is 42.1. The summed E-state index contributed by atoms with van der Waals surface area (Å²) in [5.41, 5.74) is 2.16. The molecule has 0 saturated carbocycles. The Balaban J connectivity index is 1.50. The second-order valence-corrected chi connectivity index (χ2v) is 9.76. The Morgan fingerprint density at radius 1 is 0.778 bits per heavy atom. The maximum absolute atomic E-state index is 6.62. The van der Waals surface area contributed by atoms with Gasteiger partial charge >= 0.3 is 0 Å². The molecule has 0 unspecified atom stereocenters. The van der Waals surface area contributed by atoms with E-state index < -0.39 is 5.79 Å². The Morgan fingerprint density at radius 2 is 1.28 bits per heavy atom. The van der Waals surface area contributed by atoms with Crippen molar-refractivity contribution in [1.82, 2.24) is 0 Å². The Morgan fingerprint density at radius 3 is 1.75 bits per heavy atom. The highest BCUT2D eigenvalue weighted by Gasteiger charge is 2.47. The Hall–Kier alpha value is -2.16. The Kier molecular flexibility index (Phi) is 9.25. The van der Waals surface area contributed by atoms with E-state index in [0.717, 1.165) is 29.0 Å². The van der Waals surface area contributed by atoms with Crippen LogP contribution in [0, 0.1) is 5.92 Å². The van der Waals surface area contributed by atoms with Crippen LogP contribution in [0.25, 0.3) is 0 Å². The van der Waals surface area contributed by atoms with E-state index >= 15 is 0 Å². The Labute approximate surface area is 214 Å². The van der Waals surface area contributed by atoms with Crippen LogP contribution in [0.3, 0.4) is 0 Å². The predicted octanol–water partition coefficient (Wildman–Crippen LogP) is 5.14. The van der Waals surface area contributed by atoms with Gasteiger partial charge in [0.2, 0.25) is 0 Å². The lowest BCUT2D eigenvalue weighted by molar-refractivity contribution is -0.254. The van der Waals surface area contributed by atoms with E-state index in [1.54, 1.807) is 14.2 Å². The average Bonchev–Trinajstić information content (AvgIpc) is 3.34. The largest absolute Gasteiger partial charge is 0.497 e. The van der Waals surface area contributed by atoms with E-state index in [0.29, 0.717) is 32.8 Å². The fourth-order valence-electron chi connectivity index (χ4n) is 5.03. The normalized spacial score (nSPS) is 27.6. The van der Waals surface area contributed by atoms with Gasteiger partial charge in [-0.1, -0.05) is 38.1 Å². The third-order valence-electron chi connectivity index (χ3n) is 7.22. The first kappa shape index (κ1) is 26.9. The van der Waals surface area contributed by atoms with Crippen LogP contribution in [-0.4, -0.2) is 57.6 Å². The second-order valence-electron chi connectivity index (χ2n) is 9.76. The zero-order chi connectivity index (χ0) is 25.5. The van der Waals surface area contributed by atoms with E-state index in [1.807, 2.05) is 55.5 Å². The van der Waals surface area contributed by atoms with Gasteiger partial charge in [0.05, 0.1) is 59.0 Å². The highest BCUT2D eigenvalue weighted by Crippen LogP contribution is 2.38. The van der Waals surface area contributed by atoms with Crippen molar-refractivity contribution in [3.63, 3.8) is 0 Å². The van der Waals surface area contributed by atoms with Crippen LogP contribution in [0.4, 0.5) is 0 Å². The number of hydrogen-bond acceptors (Lipinski definition) is 7. The van der Waals surface area contributed by atoms with Gasteiger partial charge in [-0.25, -0.2) is 0 Å². The van der Waals surface area contributed by atoms with Crippen LogP contribution < -0.4 is 9.47 Å². The smallest absolute Gasteiger partial charge is 0.168 e. The highest BCUT2D eigenvalue weighted by atomic mass is 16.7. The standard InChI is InChI=1S/C29H40O7/c1-6-25-28(33-19-22-9-13-24(31-5)14-10-22)27(32-18-21-7-11-23(30-4)12-8-21)20(2)26(36-25)17-29(3)34-15-16-35-29/h7-14,20,25-28H,6,15-19H2,1-5H3/t20-,25+,26-,27+,28+/m0/s1. The molecule has 0 aromatic heterocycles. The maximum Gasteiger partial charge on any atom is 0.168 e. The fraction of sp³-hybridized carbons (Fsp3) is 0.586. The third-order valence-corrected chi connectivity index (χ3v) is 7.22. The molecular formula is C29H40O7. The van der Waals surface area contributed by atoms with Crippen molar-refractivity contribution in [2.75, 3.05) is 27.4 Å². The maximum atomic E-state index is 6.62. The van der Waals surface area contributed by atoms with Crippen molar-refractivity contribution in [3.05, 3.63) is 59.7 Å². The van der Waals surface area contributed by atoms with E-state index in [2.05, 4.69) is 13.8 Å². The molecule has 0 spiro atoms. The molecule has 2 aromatic carbocycles. The predicted molar refractivity (Wildman–Crippen MR) is 136 cm³/mol. The van der Waals surface area contributed by atoms with Gasteiger partial charge < -0.3 is 33.2 Å². The first-order valence-electron chi connectivity index (χ1n) is 12.9. The molecule has 198 valence electrons. The fourth-order valence-corrected chi connectivity index (χ4v) is 5.03. The lowest BCUT2D eigenvalue weighted by Crippen LogP contribution is -2.56. The van der Waals surface area contributed by atoms with E-state index in [-0.39, 0.29) is 30.3 Å². The summed E-state index contributed by atoms with van der Waals surface area (Å²) in [5.74, 6) is 1.11. The SMILES string of the molecule is CC[C@H]1O[C@@H](CC2(C)OCCO2)[C@H](C)[C@@H](OCc2ccc(OC)cc2)[C@@H]1OCc1ccc(OC)cc1. The number of ether oxygens (including phenoxy) is 7. The van der Waals surface area contributed by atoms with Crippen molar-refractivity contribution in [2.24, 2.45) is 5.92 Å². The molecule has 2 aliphatic rings. The zero-order valence-corrected chi connectivity index (χ0v) is 22.1. The number of rotatable bonds is 11. The molecule has 7 heteroatoms. The molecule has 36 heavy (non-hydrogen) atoms. The molecular weight excluding hydrogens is 460 g/mol. The minimum Gasteiger partial charge on any atom is -0.497 e. The van der Waals surface area contributed by atoms with Crippen molar-refractivity contribution in [1.29, 1.82) is 0 Å². The van der Waals surface area contributed by atoms with Crippen LogP contribution >= 0.6 is 0 Å². The van der Waals surface area contributed by atoms with Crippen LogP contribution in [0.5, 0.6) is 11.5 Å². The quantitative estimate of drug-likeness (QED) is 0.423. The van der Waals surface area contributed by atoms with Crippen LogP contribution in [0.15, 0.2) is 48.5 Å². The molecule has 2 heterocycles. The minimum atomic E-state index is -0.630. The molecule has 2 saturated heterocycles. The topological polar surface area (TPSA) is 64.6 Å². The number of methoxy groups -OCH3 is 2. The molecule has 2 aliphatic heterocycles. The van der Waals surface area contributed by atoms with Crippen molar-refractivity contribution < 1.29 is 33.2 Å². The summed E-state index contributed by atoms with van der Waals surface area (Å²) in [6.45, 7) is 8.48. The number of benzene rings is 2. The van der Waals surface area contributed by atoms with Gasteiger partial charge in [0.1, 0.15) is 17.6 Å². The summed E-state index contributed by atoms with van der Waals surface area (Å²) in [4.78, 5) is 0. The summed E-state index contributed by atoms with van der Waals surface area (Å²) in [6.07, 6.45) is 0.934. The molecule has 0 aliphatic carbocycles. The van der Waals surface area contributed by atoms with Gasteiger partial charge in [0, 0.05) is 12.3 Å². The lowest BCUT2D eigenvalue weighted by Gasteiger charge is -2.47. The van der Waals surface area contributed by atoms with Gasteiger partial charge in [0.25, 0.3) is 0 Å². The molecule has 0 radical (unpaired) electrons. The third kappa shape index (κ3) is 6.58. The average molecular weight is 501 g/mol. The summed E-state index contributed by atoms with van der Waals surface area (Å²) in [7, 11) is 3.34. The van der Waals surface area contributed by atoms with E-state index in [4.69, 9.17) is 33.2 Å². The van der Waals surface area contributed by atoms with Crippen LogP contribution in [0.1, 0.15) is 44.7 Å². The molecule has 2 aromatic rings. The van der Waals surface area contributed by atoms with Gasteiger partial charge in [0.15, 0.2) is 5.79 Å². The summed E-state index contributed by atoms with van der Waals surface area (Å²) in [5, 5.41) is 0. The molecule has 2 fully saturated rings. The van der Waals surface area contributed by atoms with E-state index in [1.165, 1.54) is 0 Å². The molecule has 0 N–H and O–H groups in total. The molecule has 7 nitrogen and oxygen atoms in total. The molecule has 5 atom stereocenters. The first-order valence-corrected chi connectivity index (χ1v) is 12.9. The van der Waals surface area contributed by atoms with Crippen molar-refractivity contribution in [3.8, 4) is 11.5 Å². The molecule has 4 rings (SSSR count). The second kappa shape index (κ2) is 12.4. The van der Waals surface area contributed by atoms with E-state index in [9.17, 15) is 0 Å². The monoisotopic (exact) mass is 500 g/mol. The molecule has 0 bridgehead atoms. The molecule has 0 amide bonds. The summed E-state index contributed by atoms with van der Waals surface area (Å²) >= 11 is 0. The summed E-state index contributed by atoms with van der Waals surface area (Å²) in [6, 6.07) is 15.9. The van der Waals surface area contributed by atoms with Crippen molar-refractivity contribution >= 4 is 0 Å². The van der Waals surface area contributed by atoms with Crippen LogP contribution in [-0.2, 0) is 36.9 Å². The van der Waals surface area contributed by atoms with Crippen molar-refractivity contribution in [2.45, 2.75) is 77.0 Å². The van der Waals surface area contributed by atoms with Gasteiger partial charge in [-0.2, -0.15) is 0 Å². The first-order chi connectivity index (χ1) is 17.4. The minimum absolute atomic E-state index is 0.0697. The highest BCUT2D eigenvalue weighted by molar-refractivity contribution is 5.27. The van der Waals surface area contributed by atoms with Gasteiger partial charge in [-0.15, -0.1) is 0 Å². The zero-order valence-electron chi connectivity index (χ0n) is 22.1. The lowest BCUT2D eigenvalue weighted by atomic mass is 9.84. The Bertz CT molecular complexity index is 924.